The highest BCUT2D eigenvalue weighted by Crippen LogP contribution is 2.26. The Morgan fingerprint density at radius 1 is 1.07 bits per heavy atom. The van der Waals surface area contributed by atoms with Crippen molar-refractivity contribution in [3.8, 4) is 5.75 Å². The van der Waals surface area contributed by atoms with Crippen LogP contribution in [0.1, 0.15) is 27.6 Å². The van der Waals surface area contributed by atoms with E-state index in [4.69, 9.17) is 4.74 Å². The number of hydrogen-bond acceptors (Lipinski definition) is 4. The molecule has 0 aliphatic rings. The molecule has 3 aromatic rings. The summed E-state index contributed by atoms with van der Waals surface area (Å²) in [7, 11) is 1.64. The number of rotatable bonds is 8. The molecule has 0 saturated heterocycles. The standard InChI is InChI=1S/C22H24N2O2S/c1-16-5-9-18(10-6-16)22(20-4-3-13-27-20)24-15-21(25)23-14-17-7-11-19(26-2)12-8-17/h3-13,22,24H,14-15H2,1-2H3,(H,23,25). The second-order valence-electron chi connectivity index (χ2n) is 6.36. The van der Waals surface area contributed by atoms with Gasteiger partial charge in [0.15, 0.2) is 0 Å². The molecule has 1 unspecified atom stereocenters. The van der Waals surface area contributed by atoms with Crippen LogP contribution in [0.2, 0.25) is 0 Å². The highest BCUT2D eigenvalue weighted by molar-refractivity contribution is 7.10. The molecular formula is C22H24N2O2S. The molecule has 27 heavy (non-hydrogen) atoms. The van der Waals surface area contributed by atoms with E-state index in [1.54, 1.807) is 18.4 Å². The van der Waals surface area contributed by atoms with Crippen LogP contribution in [-0.2, 0) is 11.3 Å². The van der Waals surface area contributed by atoms with E-state index in [1.807, 2.05) is 30.3 Å². The zero-order chi connectivity index (χ0) is 19.1. The number of thiophene rings is 1. The van der Waals surface area contributed by atoms with E-state index < -0.39 is 0 Å². The quantitative estimate of drug-likeness (QED) is 0.620. The number of ether oxygens (including phenoxy) is 1. The van der Waals surface area contributed by atoms with Crippen LogP contribution in [-0.4, -0.2) is 19.6 Å². The molecule has 1 heterocycles. The van der Waals surface area contributed by atoms with E-state index in [9.17, 15) is 4.79 Å². The molecular weight excluding hydrogens is 356 g/mol. The summed E-state index contributed by atoms with van der Waals surface area (Å²) in [6.07, 6.45) is 0. The summed E-state index contributed by atoms with van der Waals surface area (Å²) in [4.78, 5) is 13.5. The van der Waals surface area contributed by atoms with Crippen molar-refractivity contribution in [2.45, 2.75) is 19.5 Å². The maximum Gasteiger partial charge on any atom is 0.234 e. The van der Waals surface area contributed by atoms with Gasteiger partial charge in [0, 0.05) is 11.4 Å². The molecule has 1 atom stereocenters. The summed E-state index contributed by atoms with van der Waals surface area (Å²) in [5, 5.41) is 8.41. The molecule has 2 N–H and O–H groups in total. The van der Waals surface area contributed by atoms with Gasteiger partial charge < -0.3 is 10.1 Å². The molecule has 2 aromatic carbocycles. The Labute approximate surface area is 164 Å². The summed E-state index contributed by atoms with van der Waals surface area (Å²) in [5.41, 5.74) is 3.42. The van der Waals surface area contributed by atoms with Gasteiger partial charge in [0.25, 0.3) is 0 Å². The second kappa shape index (κ2) is 9.35. The number of methoxy groups -OCH3 is 1. The number of carbonyl (C=O) groups is 1. The lowest BCUT2D eigenvalue weighted by Gasteiger charge is -2.18. The van der Waals surface area contributed by atoms with Gasteiger partial charge in [0.1, 0.15) is 5.75 Å². The third kappa shape index (κ3) is 5.42. The van der Waals surface area contributed by atoms with Gasteiger partial charge in [-0.05, 0) is 41.6 Å². The molecule has 140 valence electrons. The van der Waals surface area contributed by atoms with E-state index in [0.29, 0.717) is 6.54 Å². The normalized spacial score (nSPS) is 11.8. The summed E-state index contributed by atoms with van der Waals surface area (Å²) >= 11 is 1.69. The fourth-order valence-corrected chi connectivity index (χ4v) is 3.63. The summed E-state index contributed by atoms with van der Waals surface area (Å²) in [6, 6.07) is 20.3. The van der Waals surface area contributed by atoms with E-state index in [1.165, 1.54) is 10.4 Å². The van der Waals surface area contributed by atoms with Crippen molar-refractivity contribution >= 4 is 17.2 Å². The van der Waals surface area contributed by atoms with Crippen molar-refractivity contribution in [2.24, 2.45) is 0 Å². The van der Waals surface area contributed by atoms with E-state index >= 15 is 0 Å². The number of amides is 1. The maximum absolute atomic E-state index is 12.3. The Balaban J connectivity index is 1.57. The summed E-state index contributed by atoms with van der Waals surface area (Å²) in [5.74, 6) is 0.781. The number of hydrogen-bond donors (Lipinski definition) is 2. The van der Waals surface area contributed by atoms with Crippen LogP contribution in [0.5, 0.6) is 5.75 Å². The van der Waals surface area contributed by atoms with Crippen LogP contribution < -0.4 is 15.4 Å². The van der Waals surface area contributed by atoms with Crippen molar-refractivity contribution in [1.29, 1.82) is 0 Å². The van der Waals surface area contributed by atoms with Crippen LogP contribution in [0.25, 0.3) is 0 Å². The Hall–Kier alpha value is -2.63. The molecule has 1 aromatic heterocycles. The van der Waals surface area contributed by atoms with E-state index in [-0.39, 0.29) is 18.5 Å². The molecule has 3 rings (SSSR count). The number of nitrogens with one attached hydrogen (secondary N) is 2. The van der Waals surface area contributed by atoms with E-state index in [2.05, 4.69) is 53.3 Å². The maximum atomic E-state index is 12.3. The fraction of sp³-hybridized carbons (Fsp3) is 0.227. The van der Waals surface area contributed by atoms with Crippen LogP contribution in [0.3, 0.4) is 0 Å². The predicted octanol–water partition coefficient (Wildman–Crippen LogP) is 4.06. The Morgan fingerprint density at radius 2 is 1.81 bits per heavy atom. The Morgan fingerprint density at radius 3 is 2.44 bits per heavy atom. The lowest BCUT2D eigenvalue weighted by molar-refractivity contribution is -0.120. The van der Waals surface area contributed by atoms with Crippen molar-refractivity contribution in [3.63, 3.8) is 0 Å². The fourth-order valence-electron chi connectivity index (χ4n) is 2.80. The van der Waals surface area contributed by atoms with Crippen molar-refractivity contribution < 1.29 is 9.53 Å². The number of benzene rings is 2. The van der Waals surface area contributed by atoms with Crippen molar-refractivity contribution in [3.05, 3.63) is 87.6 Å². The van der Waals surface area contributed by atoms with Gasteiger partial charge in [-0.15, -0.1) is 11.3 Å². The van der Waals surface area contributed by atoms with Gasteiger partial charge in [-0.25, -0.2) is 0 Å². The Bertz CT molecular complexity index is 843. The summed E-state index contributed by atoms with van der Waals surface area (Å²) in [6.45, 7) is 2.83. The van der Waals surface area contributed by atoms with Gasteiger partial charge in [0.2, 0.25) is 5.91 Å². The molecule has 0 aliphatic heterocycles. The van der Waals surface area contributed by atoms with Gasteiger partial charge in [-0.2, -0.15) is 0 Å². The van der Waals surface area contributed by atoms with Gasteiger partial charge in [-0.3, -0.25) is 10.1 Å². The van der Waals surface area contributed by atoms with Gasteiger partial charge in [0.05, 0.1) is 19.7 Å². The number of aryl methyl sites for hydroxylation is 1. The molecule has 0 bridgehead atoms. The topological polar surface area (TPSA) is 50.4 Å². The number of carbonyl (C=O) groups excluding carboxylic acids is 1. The molecule has 0 aliphatic carbocycles. The smallest absolute Gasteiger partial charge is 0.234 e. The first kappa shape index (κ1) is 19.1. The first-order chi connectivity index (χ1) is 13.2. The highest BCUT2D eigenvalue weighted by Gasteiger charge is 2.16. The molecule has 0 spiro atoms. The van der Waals surface area contributed by atoms with Gasteiger partial charge >= 0.3 is 0 Å². The monoisotopic (exact) mass is 380 g/mol. The largest absolute Gasteiger partial charge is 0.497 e. The minimum atomic E-state index is -0.0283. The molecule has 5 heteroatoms. The predicted molar refractivity (Wildman–Crippen MR) is 110 cm³/mol. The molecule has 1 amide bonds. The minimum Gasteiger partial charge on any atom is -0.497 e. The lowest BCUT2D eigenvalue weighted by Crippen LogP contribution is -2.35. The average molecular weight is 381 g/mol. The highest BCUT2D eigenvalue weighted by atomic mass is 32.1. The molecule has 0 fully saturated rings. The van der Waals surface area contributed by atoms with Crippen LogP contribution in [0.15, 0.2) is 66.0 Å². The van der Waals surface area contributed by atoms with Crippen molar-refractivity contribution in [2.75, 3.05) is 13.7 Å². The zero-order valence-electron chi connectivity index (χ0n) is 15.6. The SMILES string of the molecule is COc1ccc(CNC(=O)CNC(c2ccc(C)cc2)c2cccs2)cc1. The van der Waals surface area contributed by atoms with Crippen LogP contribution in [0.4, 0.5) is 0 Å². The van der Waals surface area contributed by atoms with E-state index in [0.717, 1.165) is 16.9 Å². The van der Waals surface area contributed by atoms with Gasteiger partial charge in [-0.1, -0.05) is 48.0 Å². The average Bonchev–Trinajstić information content (AvgIpc) is 3.23. The Kier molecular flexibility index (Phi) is 6.63. The minimum absolute atomic E-state index is 0.0114. The summed E-state index contributed by atoms with van der Waals surface area (Å²) < 4.78 is 5.15. The lowest BCUT2D eigenvalue weighted by atomic mass is 10.0. The second-order valence-corrected chi connectivity index (χ2v) is 7.34. The third-order valence-electron chi connectivity index (χ3n) is 4.35. The molecule has 0 radical (unpaired) electrons. The molecule has 0 saturated carbocycles. The first-order valence-corrected chi connectivity index (χ1v) is 9.76. The first-order valence-electron chi connectivity index (χ1n) is 8.88. The third-order valence-corrected chi connectivity index (χ3v) is 5.29. The van der Waals surface area contributed by atoms with Crippen molar-refractivity contribution in [1.82, 2.24) is 10.6 Å². The van der Waals surface area contributed by atoms with Crippen LogP contribution >= 0.6 is 11.3 Å². The molecule has 4 nitrogen and oxygen atoms in total. The zero-order valence-corrected chi connectivity index (χ0v) is 16.4. The van der Waals surface area contributed by atoms with Crippen LogP contribution in [0, 0.1) is 6.92 Å².